The third kappa shape index (κ3) is 3.60. The molecule has 0 radical (unpaired) electrons. The highest BCUT2D eigenvalue weighted by Gasteiger charge is 2.73. The standard InChI is InChI=1S/C32H40O8/c1-16-8-10-22(38-28(16)36)17(2)20-14-24(37-18(3)33)31(7)19-9-11-23-29(4,5)39-25(35)12-13-32(23)27(40-32)26(19)21(34)15-30(20,31)6/h8,12-13,17,20,22-24,27H,9-11,14-15H2,1-7H3. The predicted molar refractivity (Wildman–Crippen MR) is 144 cm³/mol. The highest BCUT2D eigenvalue weighted by atomic mass is 16.6. The topological polar surface area (TPSA) is 109 Å². The number of esters is 3. The molecule has 0 aromatic carbocycles. The fraction of sp³-hybridized carbons (Fsp3) is 0.688. The normalized spacial score (nSPS) is 44.0. The number of hydrogen-bond donors (Lipinski definition) is 0. The molecule has 2 fully saturated rings. The van der Waals surface area contributed by atoms with E-state index < -0.39 is 40.2 Å². The van der Waals surface area contributed by atoms with Crippen molar-refractivity contribution in [3.63, 3.8) is 0 Å². The molecule has 3 heterocycles. The maximum Gasteiger partial charge on any atom is 0.333 e. The van der Waals surface area contributed by atoms with E-state index in [9.17, 15) is 19.2 Å². The Morgan fingerprint density at radius 3 is 2.55 bits per heavy atom. The maximum absolute atomic E-state index is 14.2. The summed E-state index contributed by atoms with van der Waals surface area (Å²) in [6.07, 6.45) is 6.74. The van der Waals surface area contributed by atoms with Crippen molar-refractivity contribution < 1.29 is 38.1 Å². The quantitative estimate of drug-likeness (QED) is 0.285. The van der Waals surface area contributed by atoms with Gasteiger partial charge in [0.1, 0.15) is 29.5 Å². The molecular formula is C32H40O8. The summed E-state index contributed by atoms with van der Waals surface area (Å²) in [7, 11) is 0. The van der Waals surface area contributed by atoms with Crippen molar-refractivity contribution in [3.8, 4) is 0 Å². The first kappa shape index (κ1) is 27.4. The van der Waals surface area contributed by atoms with E-state index in [1.54, 1.807) is 13.0 Å². The molecule has 8 heteroatoms. The van der Waals surface area contributed by atoms with Crippen LogP contribution >= 0.6 is 0 Å². The minimum atomic E-state index is -0.782. The molecule has 1 spiro atoms. The highest BCUT2D eigenvalue weighted by Crippen LogP contribution is 2.71. The second-order valence-electron chi connectivity index (χ2n) is 13.8. The van der Waals surface area contributed by atoms with Gasteiger partial charge in [-0.3, -0.25) is 9.59 Å². The van der Waals surface area contributed by atoms with Gasteiger partial charge >= 0.3 is 17.9 Å². The average molecular weight is 553 g/mol. The van der Waals surface area contributed by atoms with Gasteiger partial charge in [-0.1, -0.05) is 32.4 Å². The summed E-state index contributed by atoms with van der Waals surface area (Å²) >= 11 is 0. The lowest BCUT2D eigenvalue weighted by molar-refractivity contribution is -0.156. The summed E-state index contributed by atoms with van der Waals surface area (Å²) in [6, 6.07) is 0. The van der Waals surface area contributed by atoms with E-state index in [0.717, 1.165) is 5.57 Å². The molecular weight excluding hydrogens is 512 g/mol. The van der Waals surface area contributed by atoms with Crippen LogP contribution in [0.3, 0.4) is 0 Å². The van der Waals surface area contributed by atoms with Crippen molar-refractivity contribution >= 4 is 23.7 Å². The lowest BCUT2D eigenvalue weighted by Crippen LogP contribution is -2.51. The van der Waals surface area contributed by atoms with Gasteiger partial charge in [-0.2, -0.15) is 0 Å². The van der Waals surface area contributed by atoms with Gasteiger partial charge in [0.2, 0.25) is 0 Å². The van der Waals surface area contributed by atoms with E-state index in [1.807, 2.05) is 19.9 Å². The molecule has 8 nitrogen and oxygen atoms in total. The van der Waals surface area contributed by atoms with E-state index in [4.69, 9.17) is 18.9 Å². The second-order valence-corrected chi connectivity index (χ2v) is 13.8. The number of carbonyl (C=O) groups excluding carboxylic acids is 4. The lowest BCUT2D eigenvalue weighted by Gasteiger charge is -2.52. The summed E-state index contributed by atoms with van der Waals surface area (Å²) < 4.78 is 24.2. The minimum Gasteiger partial charge on any atom is -0.462 e. The number of Topliss-reactive ketones (excluding diaryl/α,β-unsaturated/α-hetero) is 1. The molecule has 40 heavy (non-hydrogen) atoms. The molecule has 9 unspecified atom stereocenters. The maximum atomic E-state index is 14.2. The molecule has 0 amide bonds. The zero-order valence-electron chi connectivity index (χ0n) is 24.5. The fourth-order valence-electron chi connectivity index (χ4n) is 9.24. The van der Waals surface area contributed by atoms with Crippen molar-refractivity contribution in [2.24, 2.45) is 28.6 Å². The van der Waals surface area contributed by atoms with Gasteiger partial charge in [0.05, 0.1) is 0 Å². The first-order valence-electron chi connectivity index (χ1n) is 14.6. The van der Waals surface area contributed by atoms with Crippen LogP contribution in [-0.4, -0.2) is 53.2 Å². The minimum absolute atomic E-state index is 0.0236. The molecule has 216 valence electrons. The van der Waals surface area contributed by atoms with Gasteiger partial charge in [0.15, 0.2) is 5.78 Å². The largest absolute Gasteiger partial charge is 0.462 e. The number of epoxide rings is 1. The van der Waals surface area contributed by atoms with E-state index in [2.05, 4.69) is 20.8 Å². The Bertz CT molecular complexity index is 1300. The summed E-state index contributed by atoms with van der Waals surface area (Å²) in [5, 5.41) is 0. The van der Waals surface area contributed by atoms with Crippen LogP contribution in [0.15, 0.2) is 34.9 Å². The zero-order chi connectivity index (χ0) is 29.0. The predicted octanol–water partition coefficient (Wildman–Crippen LogP) is 4.56. The molecule has 3 aliphatic heterocycles. The van der Waals surface area contributed by atoms with Crippen LogP contribution in [0.2, 0.25) is 0 Å². The van der Waals surface area contributed by atoms with E-state index >= 15 is 0 Å². The Balaban J connectivity index is 1.44. The SMILES string of the molecule is CC(=O)OC1CC(C(C)C2CC=C(C)C(=O)O2)C2(C)CC(=O)C3=C(CCC4C(C)(C)OC(=O)C=CC45OC35)C12C. The van der Waals surface area contributed by atoms with Crippen molar-refractivity contribution in [1.82, 2.24) is 0 Å². The van der Waals surface area contributed by atoms with Gasteiger partial charge in [-0.25, -0.2) is 9.59 Å². The molecule has 1 saturated carbocycles. The molecule has 9 atom stereocenters. The van der Waals surface area contributed by atoms with Crippen molar-refractivity contribution in [2.75, 3.05) is 0 Å². The van der Waals surface area contributed by atoms with Gasteiger partial charge in [-0.15, -0.1) is 0 Å². The Labute approximate surface area is 235 Å². The van der Waals surface area contributed by atoms with Gasteiger partial charge in [-0.05, 0) is 63.4 Å². The molecule has 6 aliphatic rings. The lowest BCUT2D eigenvalue weighted by atomic mass is 9.51. The third-order valence-corrected chi connectivity index (χ3v) is 11.5. The molecule has 0 N–H and O–H groups in total. The Morgan fingerprint density at radius 2 is 1.88 bits per heavy atom. The summed E-state index contributed by atoms with van der Waals surface area (Å²) in [6.45, 7) is 13.4. The second kappa shape index (κ2) is 8.63. The zero-order valence-corrected chi connectivity index (χ0v) is 24.5. The average Bonchev–Trinajstić information content (AvgIpc) is 3.55. The number of ketones is 1. The summed E-state index contributed by atoms with van der Waals surface area (Å²) in [4.78, 5) is 51.4. The number of carbonyl (C=O) groups is 4. The smallest absolute Gasteiger partial charge is 0.333 e. The van der Waals surface area contributed by atoms with Gasteiger partial charge in [0, 0.05) is 48.3 Å². The number of hydrogen-bond acceptors (Lipinski definition) is 8. The molecule has 0 aromatic rings. The summed E-state index contributed by atoms with van der Waals surface area (Å²) in [5.74, 6) is -1.21. The fourth-order valence-corrected chi connectivity index (χ4v) is 9.24. The van der Waals surface area contributed by atoms with Crippen LogP contribution in [0.1, 0.15) is 80.6 Å². The van der Waals surface area contributed by atoms with Gasteiger partial charge in [0.25, 0.3) is 0 Å². The number of cyclic esters (lactones) is 2. The van der Waals surface area contributed by atoms with Crippen LogP contribution in [0.4, 0.5) is 0 Å². The van der Waals surface area contributed by atoms with Crippen LogP contribution in [0.25, 0.3) is 0 Å². The third-order valence-electron chi connectivity index (χ3n) is 11.5. The first-order chi connectivity index (χ1) is 18.7. The molecule has 0 aromatic heterocycles. The molecule has 6 rings (SSSR count). The monoisotopic (exact) mass is 552 g/mol. The van der Waals surface area contributed by atoms with E-state index in [-0.39, 0.29) is 48.0 Å². The van der Waals surface area contributed by atoms with Crippen molar-refractivity contribution in [2.45, 2.75) is 110 Å². The summed E-state index contributed by atoms with van der Waals surface area (Å²) in [5.41, 5.74) is -0.392. The van der Waals surface area contributed by atoms with Gasteiger partial charge < -0.3 is 18.9 Å². The van der Waals surface area contributed by atoms with Crippen LogP contribution in [0, 0.1) is 28.6 Å². The van der Waals surface area contributed by atoms with Crippen LogP contribution in [-0.2, 0) is 38.1 Å². The van der Waals surface area contributed by atoms with Crippen molar-refractivity contribution in [3.05, 3.63) is 34.9 Å². The van der Waals surface area contributed by atoms with E-state index in [1.165, 1.54) is 13.0 Å². The van der Waals surface area contributed by atoms with Crippen molar-refractivity contribution in [1.29, 1.82) is 0 Å². The van der Waals surface area contributed by atoms with Crippen LogP contribution < -0.4 is 0 Å². The number of ether oxygens (including phenoxy) is 4. The van der Waals surface area contributed by atoms with Crippen LogP contribution in [0.5, 0.6) is 0 Å². The Kier molecular flexibility index (Phi) is 5.92. The Morgan fingerprint density at radius 1 is 1.15 bits per heavy atom. The molecule has 0 bridgehead atoms. The number of rotatable bonds is 3. The van der Waals surface area contributed by atoms with E-state index in [0.29, 0.717) is 36.8 Å². The highest BCUT2D eigenvalue weighted by molar-refractivity contribution is 6.00. The molecule has 1 saturated heterocycles. The molecule has 3 aliphatic carbocycles. The Hall–Kier alpha value is -2.74. The number of fused-ring (bicyclic) bond motifs is 3. The first-order valence-corrected chi connectivity index (χ1v) is 14.6.